The summed E-state index contributed by atoms with van der Waals surface area (Å²) in [6, 6.07) is 2.68. The quantitative estimate of drug-likeness (QED) is 0.665. The van der Waals surface area contributed by atoms with Crippen LogP contribution in [0, 0.1) is 18.2 Å². The summed E-state index contributed by atoms with van der Waals surface area (Å²) in [7, 11) is 0. The van der Waals surface area contributed by atoms with Crippen molar-refractivity contribution in [2.75, 3.05) is 5.32 Å². The Hall–Kier alpha value is -1.88. The van der Waals surface area contributed by atoms with Crippen molar-refractivity contribution in [1.29, 1.82) is 0 Å². The molecule has 0 bridgehead atoms. The van der Waals surface area contributed by atoms with E-state index in [1.807, 2.05) is 0 Å². The van der Waals surface area contributed by atoms with Crippen LogP contribution in [0.15, 0.2) is 24.3 Å². The van der Waals surface area contributed by atoms with Gasteiger partial charge < -0.3 is 10.4 Å². The molecule has 1 aliphatic carbocycles. The minimum atomic E-state index is -1.49. The number of amides is 1. The van der Waals surface area contributed by atoms with Gasteiger partial charge in [0, 0.05) is 5.69 Å². The zero-order valence-corrected chi connectivity index (χ0v) is 11.5. The maximum atomic E-state index is 13.4. The highest BCUT2D eigenvalue weighted by Crippen LogP contribution is 2.35. The monoisotopic (exact) mass is 297 g/mol. The molecule has 0 heterocycles. The maximum Gasteiger partial charge on any atom is 0.319 e. The Bertz CT molecular complexity index is 581. The van der Waals surface area contributed by atoms with Gasteiger partial charge in [-0.1, -0.05) is 23.8 Å². The van der Waals surface area contributed by atoms with Gasteiger partial charge in [-0.25, -0.2) is 4.39 Å². The second kappa shape index (κ2) is 5.25. The highest BCUT2D eigenvalue weighted by molar-refractivity contribution is 6.31. The summed E-state index contributed by atoms with van der Waals surface area (Å²) in [5, 5.41) is 11.7. The molecule has 20 heavy (non-hydrogen) atoms. The van der Waals surface area contributed by atoms with Crippen LogP contribution in [0.5, 0.6) is 0 Å². The fourth-order valence-electron chi connectivity index (χ4n) is 2.16. The lowest BCUT2D eigenvalue weighted by Crippen LogP contribution is -2.41. The number of carboxylic acids is 1. The molecule has 0 radical (unpaired) electrons. The molecule has 0 saturated carbocycles. The second-order valence-electron chi connectivity index (χ2n) is 4.81. The number of aliphatic carboxylic acids is 1. The molecule has 0 aromatic heterocycles. The predicted molar refractivity (Wildman–Crippen MR) is 73.2 cm³/mol. The van der Waals surface area contributed by atoms with E-state index in [0.29, 0.717) is 0 Å². The summed E-state index contributed by atoms with van der Waals surface area (Å²) in [6.07, 6.45) is 3.61. The van der Waals surface area contributed by atoms with Crippen LogP contribution in [0.3, 0.4) is 0 Å². The molecule has 4 nitrogen and oxygen atoms in total. The third-order valence-electron chi connectivity index (χ3n) is 3.41. The molecule has 1 aromatic rings. The number of hydrogen-bond donors (Lipinski definition) is 2. The molecular weight excluding hydrogens is 285 g/mol. The molecule has 1 aromatic carbocycles. The number of carbonyl (C=O) groups is 2. The number of hydrogen-bond acceptors (Lipinski definition) is 2. The number of allylic oxidation sites excluding steroid dienone is 2. The number of carbonyl (C=O) groups excluding carboxylic acids is 1. The van der Waals surface area contributed by atoms with E-state index >= 15 is 0 Å². The number of nitrogens with one attached hydrogen (secondary N) is 1. The van der Waals surface area contributed by atoms with E-state index in [-0.39, 0.29) is 29.1 Å². The fourth-order valence-corrected chi connectivity index (χ4v) is 2.43. The van der Waals surface area contributed by atoms with E-state index in [1.165, 1.54) is 19.1 Å². The normalized spacial score (nSPS) is 16.1. The number of benzene rings is 1. The minimum Gasteiger partial charge on any atom is -0.480 e. The topological polar surface area (TPSA) is 66.4 Å². The number of anilines is 1. The first kappa shape index (κ1) is 14.5. The Labute approximate surface area is 120 Å². The van der Waals surface area contributed by atoms with Crippen molar-refractivity contribution in [1.82, 2.24) is 0 Å². The third-order valence-corrected chi connectivity index (χ3v) is 3.69. The van der Waals surface area contributed by atoms with Crippen molar-refractivity contribution < 1.29 is 19.1 Å². The Morgan fingerprint density at radius 3 is 2.45 bits per heavy atom. The van der Waals surface area contributed by atoms with Gasteiger partial charge in [0.1, 0.15) is 5.82 Å². The fraction of sp³-hybridized carbons (Fsp3) is 0.286. The number of halogens is 2. The molecule has 1 aliphatic rings. The molecule has 0 spiro atoms. The molecule has 0 aliphatic heterocycles. The summed E-state index contributed by atoms with van der Waals surface area (Å²) in [6.45, 7) is 1.51. The maximum absolute atomic E-state index is 13.4. The summed E-state index contributed by atoms with van der Waals surface area (Å²) < 4.78 is 13.4. The molecule has 2 N–H and O–H groups in total. The molecule has 1 amide bonds. The molecule has 2 rings (SSSR count). The lowest BCUT2D eigenvalue weighted by atomic mass is 9.84. The Morgan fingerprint density at radius 2 is 1.95 bits per heavy atom. The first-order valence-corrected chi connectivity index (χ1v) is 6.40. The molecular formula is C14H13ClFNO3. The number of rotatable bonds is 3. The highest BCUT2D eigenvalue weighted by Gasteiger charge is 2.46. The molecule has 0 unspecified atom stereocenters. The van der Waals surface area contributed by atoms with Gasteiger partial charge in [-0.3, -0.25) is 9.59 Å². The lowest BCUT2D eigenvalue weighted by Gasteiger charge is -2.22. The number of carboxylic acid groups (broad SMARTS) is 1. The smallest absolute Gasteiger partial charge is 0.319 e. The van der Waals surface area contributed by atoms with Crippen molar-refractivity contribution >= 4 is 29.2 Å². The molecule has 0 fully saturated rings. The average Bonchev–Trinajstić information content (AvgIpc) is 2.86. The first-order valence-electron chi connectivity index (χ1n) is 6.02. The Morgan fingerprint density at radius 1 is 1.35 bits per heavy atom. The summed E-state index contributed by atoms with van der Waals surface area (Å²) in [5.41, 5.74) is -0.928. The highest BCUT2D eigenvalue weighted by atomic mass is 35.5. The average molecular weight is 298 g/mol. The van der Waals surface area contributed by atoms with Crippen LogP contribution in [0.1, 0.15) is 18.4 Å². The lowest BCUT2D eigenvalue weighted by molar-refractivity contribution is -0.153. The first-order chi connectivity index (χ1) is 9.36. The van der Waals surface area contributed by atoms with E-state index in [0.717, 1.165) is 0 Å². The van der Waals surface area contributed by atoms with Gasteiger partial charge >= 0.3 is 5.97 Å². The molecule has 106 valence electrons. The van der Waals surface area contributed by atoms with Crippen LogP contribution >= 0.6 is 11.6 Å². The second-order valence-corrected chi connectivity index (χ2v) is 5.22. The predicted octanol–water partition coefficient (Wildman–Crippen LogP) is 3.15. The van der Waals surface area contributed by atoms with Gasteiger partial charge in [-0.2, -0.15) is 0 Å². The van der Waals surface area contributed by atoms with Crippen LogP contribution in [-0.4, -0.2) is 17.0 Å². The third kappa shape index (κ3) is 2.41. The van der Waals surface area contributed by atoms with E-state index < -0.39 is 23.1 Å². The van der Waals surface area contributed by atoms with Crippen LogP contribution in [0.4, 0.5) is 10.1 Å². The molecule has 0 saturated heterocycles. The van der Waals surface area contributed by atoms with Crippen molar-refractivity contribution in [3.63, 3.8) is 0 Å². The van der Waals surface area contributed by atoms with Gasteiger partial charge in [-0.05, 0) is 37.5 Å². The molecule has 0 atom stereocenters. The van der Waals surface area contributed by atoms with Gasteiger partial charge in [0.15, 0.2) is 5.41 Å². The van der Waals surface area contributed by atoms with E-state index in [4.69, 9.17) is 11.6 Å². The summed E-state index contributed by atoms with van der Waals surface area (Å²) in [5.74, 6) is -2.36. The summed E-state index contributed by atoms with van der Waals surface area (Å²) in [4.78, 5) is 23.6. The SMILES string of the molecule is Cc1cc(NC(=O)C2(C(=O)O)CC=CC2)cc(Cl)c1F. The largest absolute Gasteiger partial charge is 0.480 e. The number of aryl methyl sites for hydroxylation is 1. The van der Waals surface area contributed by atoms with Crippen molar-refractivity contribution in [2.45, 2.75) is 19.8 Å². The van der Waals surface area contributed by atoms with Crippen LogP contribution < -0.4 is 5.32 Å². The molecule has 6 heteroatoms. The van der Waals surface area contributed by atoms with E-state index in [9.17, 15) is 19.1 Å². The van der Waals surface area contributed by atoms with Gasteiger partial charge in [0.2, 0.25) is 5.91 Å². The minimum absolute atomic E-state index is 0.116. The van der Waals surface area contributed by atoms with Crippen LogP contribution in [0.25, 0.3) is 0 Å². The standard InChI is InChI=1S/C14H13ClFNO3/c1-8-6-9(7-10(15)11(8)16)17-12(18)14(13(19)20)4-2-3-5-14/h2-3,6-7H,4-5H2,1H3,(H,17,18)(H,19,20). The zero-order chi connectivity index (χ0) is 14.9. The van der Waals surface area contributed by atoms with Crippen molar-refractivity contribution in [3.8, 4) is 0 Å². The van der Waals surface area contributed by atoms with Crippen molar-refractivity contribution in [2.24, 2.45) is 5.41 Å². The van der Waals surface area contributed by atoms with Crippen LogP contribution in [-0.2, 0) is 9.59 Å². The Kier molecular flexibility index (Phi) is 3.81. The zero-order valence-electron chi connectivity index (χ0n) is 10.7. The Balaban J connectivity index is 2.26. The summed E-state index contributed by atoms with van der Waals surface area (Å²) >= 11 is 5.70. The van der Waals surface area contributed by atoms with Gasteiger partial charge in [-0.15, -0.1) is 0 Å². The van der Waals surface area contributed by atoms with E-state index in [1.54, 1.807) is 12.2 Å². The van der Waals surface area contributed by atoms with Crippen LogP contribution in [0.2, 0.25) is 5.02 Å². The van der Waals surface area contributed by atoms with Gasteiger partial charge in [0.05, 0.1) is 5.02 Å². The van der Waals surface area contributed by atoms with Gasteiger partial charge in [0.25, 0.3) is 0 Å². The van der Waals surface area contributed by atoms with Crippen molar-refractivity contribution in [3.05, 3.63) is 40.7 Å². The van der Waals surface area contributed by atoms with E-state index in [2.05, 4.69) is 5.32 Å².